The Morgan fingerprint density at radius 1 is 1.28 bits per heavy atom. The highest BCUT2D eigenvalue weighted by atomic mass is 32.2. The van der Waals surface area contributed by atoms with Crippen LogP contribution in [0.5, 0.6) is 5.75 Å². The highest BCUT2D eigenvalue weighted by Crippen LogP contribution is 2.26. The quantitative estimate of drug-likeness (QED) is 0.797. The fourth-order valence-electron chi connectivity index (χ4n) is 1.50. The summed E-state index contributed by atoms with van der Waals surface area (Å²) in [4.78, 5) is 10.6. The first-order valence-corrected chi connectivity index (χ1v) is 6.82. The van der Waals surface area contributed by atoms with Crippen molar-refractivity contribution in [3.05, 3.63) is 23.3 Å². The zero-order chi connectivity index (χ0) is 13.9. The lowest BCUT2D eigenvalue weighted by atomic mass is 10.1. The molecule has 0 aliphatic rings. The van der Waals surface area contributed by atoms with Gasteiger partial charge >= 0.3 is 0 Å². The van der Waals surface area contributed by atoms with Crippen molar-refractivity contribution in [2.24, 2.45) is 10.9 Å². The summed E-state index contributed by atoms with van der Waals surface area (Å²) < 4.78 is 28.0. The molecule has 1 aromatic carbocycles. The molecule has 7 heteroatoms. The molecule has 0 aliphatic carbocycles. The molecular weight excluding hydrogens is 256 g/mol. The van der Waals surface area contributed by atoms with Crippen molar-refractivity contribution in [1.82, 2.24) is 0 Å². The van der Waals surface area contributed by atoms with Crippen LogP contribution in [0.15, 0.2) is 17.0 Å². The van der Waals surface area contributed by atoms with Gasteiger partial charge in [-0.2, -0.15) is 0 Å². The number of carbonyl (C=O) groups is 1. The molecule has 6 nitrogen and oxygen atoms in total. The van der Waals surface area contributed by atoms with Crippen molar-refractivity contribution in [2.75, 3.05) is 6.61 Å². The van der Waals surface area contributed by atoms with Crippen LogP contribution in [0.25, 0.3) is 0 Å². The third-order valence-electron chi connectivity index (χ3n) is 2.60. The van der Waals surface area contributed by atoms with Crippen molar-refractivity contribution in [3.8, 4) is 5.75 Å². The maximum atomic E-state index is 11.3. The lowest BCUT2D eigenvalue weighted by molar-refractivity contribution is -0.118. The molecule has 0 radical (unpaired) electrons. The van der Waals surface area contributed by atoms with E-state index in [9.17, 15) is 13.2 Å². The summed E-state index contributed by atoms with van der Waals surface area (Å²) in [5.74, 6) is 0.0617. The van der Waals surface area contributed by atoms with Crippen LogP contribution in [0.3, 0.4) is 0 Å². The van der Waals surface area contributed by atoms with Gasteiger partial charge in [-0.25, -0.2) is 13.6 Å². The summed E-state index contributed by atoms with van der Waals surface area (Å²) in [5.41, 5.74) is 6.20. The number of nitrogens with two attached hydrogens (primary N) is 2. The zero-order valence-corrected chi connectivity index (χ0v) is 11.1. The highest BCUT2D eigenvalue weighted by molar-refractivity contribution is 7.89. The van der Waals surface area contributed by atoms with Crippen molar-refractivity contribution in [3.63, 3.8) is 0 Å². The Balaban J connectivity index is 2.98. The molecule has 0 spiro atoms. The van der Waals surface area contributed by atoms with Gasteiger partial charge in [-0.1, -0.05) is 0 Å². The van der Waals surface area contributed by atoms with Crippen molar-refractivity contribution in [1.29, 1.82) is 0 Å². The Bertz CT molecular complexity index is 567. The average Bonchev–Trinajstić information content (AvgIpc) is 2.22. The van der Waals surface area contributed by atoms with Crippen LogP contribution in [-0.2, 0) is 14.8 Å². The number of rotatable bonds is 5. The number of benzene rings is 1. The molecule has 0 aliphatic heterocycles. The number of carbonyl (C=O) groups excluding carboxylic acids is 1. The van der Waals surface area contributed by atoms with Crippen molar-refractivity contribution in [2.45, 2.75) is 25.2 Å². The summed E-state index contributed by atoms with van der Waals surface area (Å²) in [5, 5.41) is 5.09. The van der Waals surface area contributed by atoms with E-state index in [0.717, 1.165) is 0 Å². The molecular formula is C11H16N2O4S. The Hall–Kier alpha value is -1.60. The standard InChI is InChI=1S/C11H16N2O4S/c1-7-8(2)10(18(13,15)16)4-3-9(7)17-6-5-11(12)14/h3-4H,5-6H2,1-2H3,(H2,12,14)(H2,13,15,16). The van der Waals surface area contributed by atoms with Crippen LogP contribution in [-0.4, -0.2) is 20.9 Å². The van der Waals surface area contributed by atoms with E-state index in [0.29, 0.717) is 16.9 Å². The fourth-order valence-corrected chi connectivity index (χ4v) is 2.33. The van der Waals surface area contributed by atoms with Gasteiger partial charge in [-0.15, -0.1) is 0 Å². The van der Waals surface area contributed by atoms with Gasteiger partial charge in [0.05, 0.1) is 17.9 Å². The van der Waals surface area contributed by atoms with Crippen LogP contribution in [0.1, 0.15) is 17.5 Å². The summed E-state index contributed by atoms with van der Waals surface area (Å²) >= 11 is 0. The molecule has 0 heterocycles. The number of amides is 1. The fraction of sp³-hybridized carbons (Fsp3) is 0.364. The number of ether oxygens (including phenoxy) is 1. The van der Waals surface area contributed by atoms with Crippen LogP contribution in [0, 0.1) is 13.8 Å². The minimum atomic E-state index is -3.74. The second kappa shape index (κ2) is 5.36. The molecule has 4 N–H and O–H groups in total. The first kappa shape index (κ1) is 14.5. The van der Waals surface area contributed by atoms with E-state index in [1.807, 2.05) is 0 Å². The van der Waals surface area contributed by atoms with Gasteiger partial charge in [0.1, 0.15) is 5.75 Å². The van der Waals surface area contributed by atoms with Crippen LogP contribution >= 0.6 is 0 Å². The van der Waals surface area contributed by atoms with E-state index in [1.165, 1.54) is 12.1 Å². The third kappa shape index (κ3) is 3.44. The van der Waals surface area contributed by atoms with Crippen LogP contribution in [0.4, 0.5) is 0 Å². The number of primary amides is 1. The van der Waals surface area contributed by atoms with E-state index >= 15 is 0 Å². The van der Waals surface area contributed by atoms with Gasteiger partial charge in [0, 0.05) is 0 Å². The van der Waals surface area contributed by atoms with E-state index in [4.69, 9.17) is 15.6 Å². The lowest BCUT2D eigenvalue weighted by Gasteiger charge is -2.12. The Kier molecular flexibility index (Phi) is 4.31. The van der Waals surface area contributed by atoms with Gasteiger partial charge < -0.3 is 10.5 Å². The molecule has 1 rings (SSSR count). The third-order valence-corrected chi connectivity index (χ3v) is 3.66. The number of primary sulfonamides is 1. The molecule has 0 unspecified atom stereocenters. The predicted molar refractivity (Wildman–Crippen MR) is 66.6 cm³/mol. The van der Waals surface area contributed by atoms with Crippen molar-refractivity contribution < 1.29 is 17.9 Å². The maximum Gasteiger partial charge on any atom is 0.238 e. The first-order valence-electron chi connectivity index (χ1n) is 5.27. The minimum absolute atomic E-state index is 0.0715. The van der Waals surface area contributed by atoms with E-state index in [-0.39, 0.29) is 17.9 Å². The minimum Gasteiger partial charge on any atom is -0.493 e. The molecule has 0 aromatic heterocycles. The summed E-state index contributed by atoms with van der Waals surface area (Å²) in [6, 6.07) is 2.90. The van der Waals surface area contributed by atoms with E-state index in [2.05, 4.69) is 0 Å². The number of hydrogen-bond donors (Lipinski definition) is 2. The Morgan fingerprint density at radius 2 is 1.89 bits per heavy atom. The molecule has 0 bridgehead atoms. The lowest BCUT2D eigenvalue weighted by Crippen LogP contribution is -2.16. The van der Waals surface area contributed by atoms with Gasteiger partial charge in [-0.05, 0) is 37.1 Å². The smallest absolute Gasteiger partial charge is 0.238 e. The van der Waals surface area contributed by atoms with Crippen LogP contribution < -0.4 is 15.6 Å². The van der Waals surface area contributed by atoms with Gasteiger partial charge in [-0.3, -0.25) is 4.79 Å². The largest absolute Gasteiger partial charge is 0.493 e. The van der Waals surface area contributed by atoms with E-state index < -0.39 is 15.9 Å². The molecule has 1 aromatic rings. The summed E-state index contributed by atoms with van der Waals surface area (Å²) in [7, 11) is -3.74. The highest BCUT2D eigenvalue weighted by Gasteiger charge is 2.15. The second-order valence-electron chi connectivity index (χ2n) is 3.92. The molecule has 100 valence electrons. The molecule has 0 atom stereocenters. The number of sulfonamides is 1. The zero-order valence-electron chi connectivity index (χ0n) is 10.3. The average molecular weight is 272 g/mol. The molecule has 0 saturated heterocycles. The molecule has 0 saturated carbocycles. The summed E-state index contributed by atoms with van der Waals surface area (Å²) in [6.45, 7) is 3.53. The van der Waals surface area contributed by atoms with Crippen LogP contribution in [0.2, 0.25) is 0 Å². The van der Waals surface area contributed by atoms with Gasteiger partial charge in [0.25, 0.3) is 0 Å². The topological polar surface area (TPSA) is 112 Å². The Morgan fingerprint density at radius 3 is 2.39 bits per heavy atom. The normalized spacial score (nSPS) is 11.3. The summed E-state index contributed by atoms with van der Waals surface area (Å²) in [6.07, 6.45) is 0.107. The predicted octanol–water partition coefficient (Wildman–Crippen LogP) is 0.205. The number of hydrogen-bond acceptors (Lipinski definition) is 4. The van der Waals surface area contributed by atoms with Crippen molar-refractivity contribution >= 4 is 15.9 Å². The van der Waals surface area contributed by atoms with E-state index in [1.54, 1.807) is 13.8 Å². The molecule has 18 heavy (non-hydrogen) atoms. The molecule has 1 amide bonds. The maximum absolute atomic E-state index is 11.3. The van der Waals surface area contributed by atoms with Gasteiger partial charge in [0.2, 0.25) is 15.9 Å². The second-order valence-corrected chi connectivity index (χ2v) is 5.45. The van der Waals surface area contributed by atoms with Gasteiger partial charge in [0.15, 0.2) is 0 Å². The Labute approximate surface area is 106 Å². The SMILES string of the molecule is Cc1c(OCCC(N)=O)ccc(S(N)(=O)=O)c1C. The monoisotopic (exact) mass is 272 g/mol. The molecule has 0 fully saturated rings. The first-order chi connectivity index (χ1) is 8.23.